The van der Waals surface area contributed by atoms with Crippen molar-refractivity contribution in [3.05, 3.63) is 0 Å². The van der Waals surface area contributed by atoms with E-state index in [0.29, 0.717) is 0 Å². The van der Waals surface area contributed by atoms with Gasteiger partial charge >= 0.3 is 174 Å². The molecule has 530 valence electrons. The first-order valence-corrected chi connectivity index (χ1v) is 23.4. The molecule has 0 saturated heterocycles. The van der Waals surface area contributed by atoms with Crippen molar-refractivity contribution in [2.24, 2.45) is 5.92 Å². The molecule has 12 aliphatic carbocycles. The Labute approximate surface area is 465 Å². The molecule has 0 aromatic rings. The van der Waals surface area contributed by atoms with Gasteiger partial charge < -0.3 is 29.5 Å². The molecule has 3 unspecified atom stereocenters. The summed E-state index contributed by atoms with van der Waals surface area (Å²) in [6.07, 6.45) is -21.4. The molecule has 51 heteroatoms. The van der Waals surface area contributed by atoms with E-state index >= 15 is 171 Å². The normalized spacial score (nSPS) is 52.6. The number of ether oxygens (including phenoxy) is 3. The van der Waals surface area contributed by atoms with Crippen LogP contribution < -0.4 is 0 Å². The summed E-state index contributed by atoms with van der Waals surface area (Å²) in [7, 11) is 0. The van der Waals surface area contributed by atoms with Crippen LogP contribution in [0.5, 0.6) is 0 Å². The Kier molecular flexibility index (Phi) is 12.8. The fourth-order valence-corrected chi connectivity index (χ4v) is 14.3. The third kappa shape index (κ3) is 5.04. The fraction of sp³-hybridized carbons (Fsp3) is 1.00. The maximum Gasteiger partial charge on any atom is 0.339 e. The predicted molar refractivity (Wildman–Crippen MR) is 185 cm³/mol. The molecule has 0 radical (unpaired) electrons. The number of hydrogen-bond acceptors (Lipinski definition) is 6. The van der Waals surface area contributed by atoms with Gasteiger partial charge in [0.15, 0.2) is 0 Å². The maximum absolute atomic E-state index is 16.5. The molecule has 6 nitrogen and oxygen atoms in total. The van der Waals surface area contributed by atoms with Gasteiger partial charge in [-0.3, -0.25) is 0 Å². The van der Waals surface area contributed by atoms with Crippen molar-refractivity contribution >= 4 is 0 Å². The summed E-state index contributed by atoms with van der Waals surface area (Å²) in [6, 6.07) is 0. The van der Waals surface area contributed by atoms with E-state index < -0.39 is 238 Å². The summed E-state index contributed by atoms with van der Waals surface area (Å²) in [5.41, 5.74) is -102. The third-order valence-electron chi connectivity index (χ3n) is 18.9. The van der Waals surface area contributed by atoms with E-state index in [-0.39, 0.29) is 0 Å². The highest BCUT2D eigenvalue weighted by Crippen LogP contribution is 2.93. The SMILES string of the molecule is OC(COC1(F)C2(F)C(F)(F)C3(F)C(F)(F)C(F)(C2(F)F)C(F)(F)C1(F)C3(F)F)CC(CC(O)COC1(F)C2(F)C(F)(F)C3(F)C(F)(F)C(F)(C2(F)F)C(F)(F)C1(F)C3(F)F)CC(O)COC1(F)C2(F)C(F)(F)C3(F)C(F)(F)C(F)(C2(F)F)C(F)(F)C1(F)C3(F)F. The molecule has 3 N–H and O–H groups in total. The average molecular weight is 1450 g/mol. The summed E-state index contributed by atoms with van der Waals surface area (Å²) >= 11 is 0. The lowest BCUT2D eigenvalue weighted by atomic mass is 9.40. The summed E-state index contributed by atoms with van der Waals surface area (Å²) in [6.45, 7) is -11.2. The number of aliphatic hydroxyl groups excluding tert-OH is 3. The van der Waals surface area contributed by atoms with Crippen LogP contribution in [-0.2, 0) is 14.2 Å². The van der Waals surface area contributed by atoms with Gasteiger partial charge in [0.25, 0.3) is 0 Å². The molecule has 12 fully saturated rings. The van der Waals surface area contributed by atoms with Crippen LogP contribution in [0.25, 0.3) is 0 Å². The molecular weight excluding hydrogens is 1430 g/mol. The fourth-order valence-electron chi connectivity index (χ4n) is 14.3. The minimum Gasteiger partial charge on any atom is -0.391 e. The Morgan fingerprint density at radius 3 is 0.385 bits per heavy atom. The summed E-state index contributed by atoms with van der Waals surface area (Å²) in [4.78, 5) is 0. The van der Waals surface area contributed by atoms with Gasteiger partial charge in [0.05, 0.1) is 38.1 Å². The van der Waals surface area contributed by atoms with Gasteiger partial charge in [-0.1, -0.05) is 0 Å². The zero-order valence-corrected chi connectivity index (χ0v) is 41.1. The predicted octanol–water partition coefficient (Wildman–Crippen LogP) is 12.1. The molecule has 91 heavy (non-hydrogen) atoms. The smallest absolute Gasteiger partial charge is 0.339 e. The Bertz CT molecular complexity index is 2530. The van der Waals surface area contributed by atoms with E-state index in [1.54, 1.807) is 0 Å². The van der Waals surface area contributed by atoms with Gasteiger partial charge in [0.2, 0.25) is 0 Å². The molecule has 3 atom stereocenters. The molecule has 12 aliphatic rings. The number of aliphatic hydroxyl groups is 3. The molecule has 0 heterocycles. The van der Waals surface area contributed by atoms with Crippen LogP contribution in [0.15, 0.2) is 0 Å². The Morgan fingerprint density at radius 2 is 0.275 bits per heavy atom. The number of rotatable bonds is 15. The second-order valence-electron chi connectivity index (χ2n) is 22.8. The summed E-state index contributed by atoms with van der Waals surface area (Å²) in [5.74, 6) is -158. The number of hydrogen-bond donors (Lipinski definition) is 3. The van der Waals surface area contributed by atoms with Crippen LogP contribution in [0.2, 0.25) is 0 Å². The van der Waals surface area contributed by atoms with E-state index in [4.69, 9.17) is 0 Å². The van der Waals surface area contributed by atoms with Gasteiger partial charge in [-0.15, -0.1) is 0 Å². The van der Waals surface area contributed by atoms with E-state index in [2.05, 4.69) is 14.2 Å². The molecule has 0 aromatic carbocycles. The van der Waals surface area contributed by atoms with Crippen molar-refractivity contribution in [1.82, 2.24) is 0 Å². The highest BCUT2D eigenvalue weighted by atomic mass is 19.4. The first kappa shape index (κ1) is 71.9. The van der Waals surface area contributed by atoms with E-state index in [9.17, 15) is 41.7 Å². The van der Waals surface area contributed by atoms with Gasteiger partial charge in [-0.05, 0) is 25.2 Å². The topological polar surface area (TPSA) is 88.4 Å². The minimum atomic E-state index is -8.66. The van der Waals surface area contributed by atoms with Crippen molar-refractivity contribution in [3.8, 4) is 0 Å². The Hall–Kier alpha value is -3.39. The molecule has 0 aliphatic heterocycles. The second kappa shape index (κ2) is 16.3. The lowest BCUT2D eigenvalue weighted by molar-refractivity contribution is -0.618. The van der Waals surface area contributed by atoms with Crippen LogP contribution in [0.4, 0.5) is 198 Å². The molecule has 0 spiro atoms. The van der Waals surface area contributed by atoms with Crippen LogP contribution in [-0.4, -0.2) is 228 Å². The van der Waals surface area contributed by atoms with Crippen molar-refractivity contribution < 1.29 is 227 Å². The van der Waals surface area contributed by atoms with E-state index in [1.165, 1.54) is 0 Å². The first-order valence-electron chi connectivity index (χ1n) is 23.4. The van der Waals surface area contributed by atoms with Crippen LogP contribution in [0.3, 0.4) is 0 Å². The van der Waals surface area contributed by atoms with E-state index in [0.717, 1.165) is 0 Å². The van der Waals surface area contributed by atoms with Crippen molar-refractivity contribution in [2.75, 3.05) is 19.8 Å². The quantitative estimate of drug-likeness (QED) is 0.142. The number of alkyl halides is 45. The van der Waals surface area contributed by atoms with Crippen LogP contribution >= 0.6 is 0 Å². The molecular formula is C40H19F45O6. The average Bonchev–Trinajstić information content (AvgIpc) is 0.607. The van der Waals surface area contributed by atoms with Crippen LogP contribution in [0, 0.1) is 5.92 Å². The summed E-state index contributed by atoms with van der Waals surface area (Å²) < 4.78 is 702. The molecule has 12 saturated carbocycles. The lowest BCUT2D eigenvalue weighted by Crippen LogP contribution is -3.09. The zero-order chi connectivity index (χ0) is 71.7. The van der Waals surface area contributed by atoms with Crippen molar-refractivity contribution in [1.29, 1.82) is 0 Å². The third-order valence-corrected chi connectivity index (χ3v) is 18.9. The monoisotopic (exact) mass is 1450 g/mol. The van der Waals surface area contributed by atoms with Gasteiger partial charge in [0, 0.05) is 0 Å². The second-order valence-corrected chi connectivity index (χ2v) is 22.8. The highest BCUT2D eigenvalue weighted by Gasteiger charge is 3.27. The van der Waals surface area contributed by atoms with Gasteiger partial charge in [-0.25, -0.2) is 65.9 Å². The molecule has 0 aromatic heterocycles. The molecule has 12 bridgehead atoms. The highest BCUT2D eigenvalue weighted by molar-refractivity contribution is 5.57. The van der Waals surface area contributed by atoms with Gasteiger partial charge in [-0.2, -0.15) is 132 Å². The maximum atomic E-state index is 16.5. The lowest BCUT2D eigenvalue weighted by Gasteiger charge is -2.74. The number of halogens is 45. The van der Waals surface area contributed by atoms with Crippen molar-refractivity contribution in [3.63, 3.8) is 0 Å². The Balaban J connectivity index is 1.10. The minimum absolute atomic E-state index is 2.88. The zero-order valence-electron chi connectivity index (χ0n) is 41.1. The Morgan fingerprint density at radius 1 is 0.176 bits per heavy atom. The van der Waals surface area contributed by atoms with Gasteiger partial charge in [0.1, 0.15) is 0 Å². The largest absolute Gasteiger partial charge is 0.391 e. The summed E-state index contributed by atoms with van der Waals surface area (Å²) in [5, 5.41) is 31.4. The standard InChI is InChI=1S/C40H19F45O6/c41-11-23(53,54)12(42)28(63,64)17(47,26(11,59)60)38(83,18(48,27(11,61)62)29(12,65)66)89-4-8(86)1-7(2-9(87)5-90-39(84)19(49)30(67,68)13(43)24(55,56)14(44,32(19,71)72)33(73,74)20(39,50)31(13,69)70)3-10(88)6-91-40(85)21(51)34(75,76)15(45)25(57,58)16(46,36(21,79)80)37(81,82)22(40,52)35(15,77)78/h7-10,86-88H,1-6H2. The van der Waals surface area contributed by atoms with Crippen LogP contribution in [0.1, 0.15) is 19.3 Å². The molecule has 12 rings (SSSR count). The first-order chi connectivity index (χ1) is 39.5. The molecule has 0 amide bonds. The van der Waals surface area contributed by atoms with Crippen molar-refractivity contribution in [2.45, 2.75) is 212 Å². The van der Waals surface area contributed by atoms with E-state index in [1.807, 2.05) is 0 Å².